The van der Waals surface area contributed by atoms with Gasteiger partial charge in [-0.05, 0) is 36.5 Å². The van der Waals surface area contributed by atoms with E-state index < -0.39 is 14.9 Å². The van der Waals surface area contributed by atoms with Crippen LogP contribution in [0.4, 0.5) is 5.69 Å². The highest BCUT2D eigenvalue weighted by molar-refractivity contribution is 7.89. The molecular weight excluding hydrogens is 468 g/mol. The molecule has 0 bridgehead atoms. The molecule has 2 aromatic carbocycles. The first-order chi connectivity index (χ1) is 15.8. The molecule has 1 aliphatic rings. The lowest BCUT2D eigenvalue weighted by atomic mass is 10.3. The zero-order valence-electron chi connectivity index (χ0n) is 17.8. The standard InChI is InChI=1S/C20H22N6O5S2/c1-31-19-8-7-17(13-18(19)26(27)28)33(29,30)23-11-9-22(10-12-23)15-25-20(32)24(14-21-25)16-5-3-2-4-6-16/h2-8,13-14H,9-12,15H2,1H3. The van der Waals surface area contributed by atoms with E-state index in [4.69, 9.17) is 17.0 Å². The van der Waals surface area contributed by atoms with Gasteiger partial charge >= 0.3 is 5.69 Å². The van der Waals surface area contributed by atoms with Gasteiger partial charge in [-0.25, -0.2) is 13.1 Å². The third-order valence-corrected chi connectivity index (χ3v) is 7.72. The van der Waals surface area contributed by atoms with Crippen molar-refractivity contribution in [2.45, 2.75) is 11.6 Å². The monoisotopic (exact) mass is 490 g/mol. The predicted octanol–water partition coefficient (Wildman–Crippen LogP) is 2.28. The molecule has 33 heavy (non-hydrogen) atoms. The van der Waals surface area contributed by atoms with Crippen LogP contribution in [0, 0.1) is 14.9 Å². The van der Waals surface area contributed by atoms with Crippen LogP contribution >= 0.6 is 12.2 Å². The number of nitro groups is 1. The molecule has 13 heteroatoms. The van der Waals surface area contributed by atoms with Crippen LogP contribution in [0.25, 0.3) is 5.69 Å². The molecule has 0 aliphatic carbocycles. The molecule has 0 amide bonds. The molecule has 3 aromatic rings. The number of benzene rings is 2. The van der Waals surface area contributed by atoms with Crippen LogP contribution in [0.2, 0.25) is 0 Å². The minimum Gasteiger partial charge on any atom is -0.490 e. The molecule has 0 radical (unpaired) electrons. The number of nitro benzene ring substituents is 1. The molecule has 1 aromatic heterocycles. The highest BCUT2D eigenvalue weighted by atomic mass is 32.2. The molecule has 0 N–H and O–H groups in total. The van der Waals surface area contributed by atoms with Gasteiger partial charge in [0.1, 0.15) is 6.33 Å². The fourth-order valence-corrected chi connectivity index (χ4v) is 5.32. The van der Waals surface area contributed by atoms with Crippen molar-refractivity contribution in [3.05, 3.63) is 69.7 Å². The number of ether oxygens (including phenoxy) is 1. The largest absolute Gasteiger partial charge is 0.490 e. The van der Waals surface area contributed by atoms with Gasteiger partial charge in [0.25, 0.3) is 0 Å². The molecule has 0 unspecified atom stereocenters. The molecule has 4 rings (SSSR count). The summed E-state index contributed by atoms with van der Waals surface area (Å²) < 4.78 is 36.4. The average Bonchev–Trinajstić information content (AvgIpc) is 3.19. The van der Waals surface area contributed by atoms with E-state index >= 15 is 0 Å². The Bertz CT molecular complexity index is 1310. The fraction of sp³-hybridized carbons (Fsp3) is 0.300. The predicted molar refractivity (Wildman–Crippen MR) is 122 cm³/mol. The number of rotatable bonds is 7. The quantitative estimate of drug-likeness (QED) is 0.281. The molecule has 2 heterocycles. The van der Waals surface area contributed by atoms with Gasteiger partial charge in [-0.3, -0.25) is 19.6 Å². The van der Waals surface area contributed by atoms with Gasteiger partial charge in [-0.2, -0.15) is 9.40 Å². The molecule has 0 spiro atoms. The SMILES string of the molecule is COc1ccc(S(=O)(=O)N2CCN(Cn3ncn(-c4ccccc4)c3=S)CC2)cc1[N+](=O)[O-]. The van der Waals surface area contributed by atoms with Crippen LogP contribution in [-0.4, -0.2) is 70.2 Å². The third-order valence-electron chi connectivity index (χ3n) is 5.42. The summed E-state index contributed by atoms with van der Waals surface area (Å²) in [5.74, 6) is 0.00968. The average molecular weight is 491 g/mol. The van der Waals surface area contributed by atoms with E-state index in [9.17, 15) is 18.5 Å². The summed E-state index contributed by atoms with van der Waals surface area (Å²) in [7, 11) is -2.58. The summed E-state index contributed by atoms with van der Waals surface area (Å²) in [5.41, 5.74) is 0.527. The smallest absolute Gasteiger partial charge is 0.312 e. The number of para-hydroxylation sites is 1. The van der Waals surface area contributed by atoms with Crippen LogP contribution in [0.5, 0.6) is 5.75 Å². The molecule has 1 fully saturated rings. The lowest BCUT2D eigenvalue weighted by Crippen LogP contribution is -2.48. The van der Waals surface area contributed by atoms with Crippen molar-refractivity contribution in [2.24, 2.45) is 0 Å². The Morgan fingerprint density at radius 3 is 2.45 bits per heavy atom. The van der Waals surface area contributed by atoms with Crippen LogP contribution in [0.1, 0.15) is 0 Å². The second kappa shape index (κ2) is 9.39. The molecule has 174 valence electrons. The zero-order valence-corrected chi connectivity index (χ0v) is 19.4. The highest BCUT2D eigenvalue weighted by Crippen LogP contribution is 2.30. The maximum Gasteiger partial charge on any atom is 0.312 e. The van der Waals surface area contributed by atoms with Crippen molar-refractivity contribution in [1.82, 2.24) is 23.6 Å². The zero-order chi connectivity index (χ0) is 23.6. The van der Waals surface area contributed by atoms with Gasteiger partial charge in [-0.15, -0.1) is 0 Å². The van der Waals surface area contributed by atoms with Gasteiger partial charge in [0.2, 0.25) is 14.8 Å². The van der Waals surface area contributed by atoms with Crippen molar-refractivity contribution in [3.8, 4) is 11.4 Å². The minimum atomic E-state index is -3.88. The number of piperazine rings is 1. The number of aromatic nitrogens is 3. The third kappa shape index (κ3) is 4.66. The number of nitrogens with zero attached hydrogens (tertiary/aromatic N) is 6. The summed E-state index contributed by atoms with van der Waals surface area (Å²) >= 11 is 5.54. The summed E-state index contributed by atoms with van der Waals surface area (Å²) in [4.78, 5) is 12.5. The Hall–Kier alpha value is -3.13. The van der Waals surface area contributed by atoms with Crippen molar-refractivity contribution >= 4 is 27.9 Å². The van der Waals surface area contributed by atoms with E-state index in [1.807, 2.05) is 34.9 Å². The van der Waals surface area contributed by atoms with Crippen LogP contribution in [-0.2, 0) is 16.7 Å². The molecular formula is C20H22N6O5S2. The normalized spacial score (nSPS) is 15.4. The van der Waals surface area contributed by atoms with Crippen molar-refractivity contribution in [1.29, 1.82) is 0 Å². The second-order valence-electron chi connectivity index (χ2n) is 7.37. The lowest BCUT2D eigenvalue weighted by molar-refractivity contribution is -0.386. The van der Waals surface area contributed by atoms with Gasteiger partial charge in [0.05, 0.1) is 23.6 Å². The van der Waals surface area contributed by atoms with E-state index in [-0.39, 0.29) is 29.4 Å². The summed E-state index contributed by atoms with van der Waals surface area (Å²) in [6.45, 7) is 1.86. The summed E-state index contributed by atoms with van der Waals surface area (Å²) in [6.07, 6.45) is 1.66. The first-order valence-corrected chi connectivity index (χ1v) is 11.9. The molecule has 1 saturated heterocycles. The van der Waals surface area contributed by atoms with Crippen molar-refractivity contribution < 1.29 is 18.1 Å². The Morgan fingerprint density at radius 1 is 1.12 bits per heavy atom. The van der Waals surface area contributed by atoms with E-state index in [0.717, 1.165) is 11.8 Å². The summed E-state index contributed by atoms with van der Waals surface area (Å²) in [6, 6.07) is 13.3. The number of methoxy groups -OCH3 is 1. The molecule has 11 nitrogen and oxygen atoms in total. The van der Waals surface area contributed by atoms with Crippen LogP contribution < -0.4 is 4.74 Å². The Kier molecular flexibility index (Phi) is 6.56. The van der Waals surface area contributed by atoms with Gasteiger partial charge in [0.15, 0.2) is 5.75 Å². The fourth-order valence-electron chi connectivity index (χ4n) is 3.62. The number of hydrogen-bond donors (Lipinski definition) is 0. The Labute approximate surface area is 195 Å². The topological polar surface area (TPSA) is 116 Å². The Morgan fingerprint density at radius 2 is 1.82 bits per heavy atom. The number of hydrogen-bond acceptors (Lipinski definition) is 8. The van der Waals surface area contributed by atoms with Gasteiger partial charge in [-0.1, -0.05) is 18.2 Å². The van der Waals surface area contributed by atoms with Crippen LogP contribution in [0.3, 0.4) is 0 Å². The van der Waals surface area contributed by atoms with E-state index in [1.54, 1.807) is 11.0 Å². The van der Waals surface area contributed by atoms with Gasteiger partial charge < -0.3 is 4.74 Å². The van der Waals surface area contributed by atoms with Crippen molar-refractivity contribution in [3.63, 3.8) is 0 Å². The molecule has 0 atom stereocenters. The van der Waals surface area contributed by atoms with E-state index in [2.05, 4.69) is 10.00 Å². The highest BCUT2D eigenvalue weighted by Gasteiger charge is 2.31. The van der Waals surface area contributed by atoms with E-state index in [0.29, 0.717) is 24.5 Å². The van der Waals surface area contributed by atoms with Crippen molar-refractivity contribution in [2.75, 3.05) is 33.3 Å². The molecule has 1 aliphatic heterocycles. The van der Waals surface area contributed by atoms with E-state index in [1.165, 1.54) is 23.5 Å². The molecule has 0 saturated carbocycles. The first-order valence-electron chi connectivity index (χ1n) is 10.1. The van der Waals surface area contributed by atoms with Gasteiger partial charge in [0, 0.05) is 37.9 Å². The summed E-state index contributed by atoms with van der Waals surface area (Å²) in [5, 5.41) is 15.6. The van der Waals surface area contributed by atoms with Crippen LogP contribution in [0.15, 0.2) is 59.8 Å². The Balaban J connectivity index is 1.44. The minimum absolute atomic E-state index is 0.00968. The maximum absolute atomic E-state index is 13.0. The second-order valence-corrected chi connectivity index (χ2v) is 9.68. The number of sulfonamides is 1. The maximum atomic E-state index is 13.0. The first kappa shape index (κ1) is 23.0. The lowest BCUT2D eigenvalue weighted by Gasteiger charge is -2.33.